The summed E-state index contributed by atoms with van der Waals surface area (Å²) in [5.74, 6) is -0.787. The molecule has 0 aromatic heterocycles. The minimum Gasteiger partial charge on any atom is -0.350 e. The Bertz CT molecular complexity index is 1370. The fourth-order valence-corrected chi connectivity index (χ4v) is 5.66. The maximum Gasteiger partial charge on any atom is 0.264 e. The summed E-state index contributed by atoms with van der Waals surface area (Å²) in [6, 6.07) is 21.2. The van der Waals surface area contributed by atoms with E-state index < -0.39 is 34.1 Å². The first-order chi connectivity index (χ1) is 18.3. The van der Waals surface area contributed by atoms with Gasteiger partial charge in [0.2, 0.25) is 11.8 Å². The Hall–Kier alpha value is -3.36. The van der Waals surface area contributed by atoms with E-state index in [9.17, 15) is 18.0 Å². The first-order valence-electron chi connectivity index (χ1n) is 12.8. The summed E-state index contributed by atoms with van der Waals surface area (Å²) in [6.45, 7) is 9.09. The molecule has 3 aromatic rings. The molecule has 0 heterocycles. The van der Waals surface area contributed by atoms with Crippen LogP contribution in [0.2, 0.25) is 5.02 Å². The third-order valence-electron chi connectivity index (χ3n) is 6.08. The summed E-state index contributed by atoms with van der Waals surface area (Å²) in [6.07, 6.45) is 0.356. The molecule has 0 saturated carbocycles. The van der Waals surface area contributed by atoms with E-state index in [1.54, 1.807) is 30.3 Å². The Morgan fingerprint density at radius 3 is 2.05 bits per heavy atom. The number of aryl methyl sites for hydroxylation is 1. The molecule has 0 aliphatic carbocycles. The minimum absolute atomic E-state index is 0.00570. The average molecular weight is 570 g/mol. The molecular formula is C30H36ClN3O4S. The zero-order valence-corrected chi connectivity index (χ0v) is 24.6. The van der Waals surface area contributed by atoms with Crippen LogP contribution in [0.4, 0.5) is 5.69 Å². The first-order valence-corrected chi connectivity index (χ1v) is 14.6. The van der Waals surface area contributed by atoms with Crippen molar-refractivity contribution in [1.29, 1.82) is 0 Å². The highest BCUT2D eigenvalue weighted by Gasteiger charge is 2.34. The molecule has 0 aliphatic heterocycles. The Morgan fingerprint density at radius 2 is 1.51 bits per heavy atom. The van der Waals surface area contributed by atoms with E-state index in [2.05, 4.69) is 5.32 Å². The average Bonchev–Trinajstić information content (AvgIpc) is 2.87. The minimum atomic E-state index is -4.13. The third kappa shape index (κ3) is 8.07. The van der Waals surface area contributed by atoms with Crippen molar-refractivity contribution in [2.24, 2.45) is 0 Å². The van der Waals surface area contributed by atoms with Gasteiger partial charge in [0.15, 0.2) is 0 Å². The molecule has 0 saturated heterocycles. The van der Waals surface area contributed by atoms with Crippen LogP contribution in [0.15, 0.2) is 83.8 Å². The van der Waals surface area contributed by atoms with E-state index in [1.807, 2.05) is 58.9 Å². The fraction of sp³-hybridized carbons (Fsp3) is 0.333. The Kier molecular flexibility index (Phi) is 9.80. The lowest BCUT2D eigenvalue weighted by molar-refractivity contribution is -0.141. The van der Waals surface area contributed by atoms with Crippen LogP contribution in [-0.4, -0.2) is 43.3 Å². The van der Waals surface area contributed by atoms with Crippen LogP contribution in [0.1, 0.15) is 45.2 Å². The van der Waals surface area contributed by atoms with Crippen molar-refractivity contribution >= 4 is 39.1 Å². The Morgan fingerprint density at radius 1 is 0.923 bits per heavy atom. The largest absolute Gasteiger partial charge is 0.350 e. The number of sulfonamides is 1. The molecular weight excluding hydrogens is 534 g/mol. The molecule has 0 bridgehead atoms. The van der Waals surface area contributed by atoms with Crippen molar-refractivity contribution in [2.45, 2.75) is 64.1 Å². The predicted octanol–water partition coefficient (Wildman–Crippen LogP) is 5.57. The molecule has 2 amide bonds. The second-order valence-electron chi connectivity index (χ2n) is 10.5. The van der Waals surface area contributed by atoms with Crippen molar-refractivity contribution < 1.29 is 18.0 Å². The molecule has 0 spiro atoms. The van der Waals surface area contributed by atoms with Gasteiger partial charge in [0, 0.05) is 17.1 Å². The molecule has 0 fully saturated rings. The van der Waals surface area contributed by atoms with Crippen LogP contribution in [-0.2, 0) is 26.2 Å². The van der Waals surface area contributed by atoms with Crippen molar-refractivity contribution in [2.75, 3.05) is 10.8 Å². The number of rotatable bonds is 10. The van der Waals surface area contributed by atoms with Crippen molar-refractivity contribution in [3.05, 3.63) is 95.0 Å². The van der Waals surface area contributed by atoms with Gasteiger partial charge in [-0.05, 0) is 76.1 Å². The SMILES string of the molecule is CC[C@H](C(=O)NC(C)(C)C)N(Cc1ccc(C)cc1)C(=O)CN(c1ccccc1)S(=O)(=O)c1ccc(Cl)cc1. The van der Waals surface area contributed by atoms with Crippen LogP contribution in [0.5, 0.6) is 0 Å². The molecule has 9 heteroatoms. The van der Waals surface area contributed by atoms with Gasteiger partial charge in [0.25, 0.3) is 10.0 Å². The number of nitrogens with zero attached hydrogens (tertiary/aromatic N) is 2. The standard InChI is InChI=1S/C30H36ClN3O4S/c1-6-27(29(36)32-30(3,4)5)33(20-23-14-12-22(2)13-15-23)28(35)21-34(25-10-8-7-9-11-25)39(37,38)26-18-16-24(31)17-19-26/h7-19,27H,6,20-21H2,1-5H3,(H,32,36)/t27-/m1/s1. The highest BCUT2D eigenvalue weighted by atomic mass is 35.5. The van der Waals surface area contributed by atoms with E-state index in [0.717, 1.165) is 15.4 Å². The number of para-hydroxylation sites is 1. The smallest absolute Gasteiger partial charge is 0.264 e. The van der Waals surface area contributed by atoms with Gasteiger partial charge < -0.3 is 10.2 Å². The lowest BCUT2D eigenvalue weighted by Gasteiger charge is -2.34. The number of carbonyl (C=O) groups is 2. The molecule has 3 rings (SSSR count). The third-order valence-corrected chi connectivity index (χ3v) is 8.12. The van der Waals surface area contributed by atoms with E-state index in [1.165, 1.54) is 29.2 Å². The molecule has 1 atom stereocenters. The van der Waals surface area contributed by atoms with Gasteiger partial charge in [-0.25, -0.2) is 8.42 Å². The number of benzene rings is 3. The summed E-state index contributed by atoms with van der Waals surface area (Å²) in [5, 5.41) is 3.37. The van der Waals surface area contributed by atoms with Gasteiger partial charge in [-0.15, -0.1) is 0 Å². The lowest BCUT2D eigenvalue weighted by atomic mass is 10.1. The van der Waals surface area contributed by atoms with Gasteiger partial charge in [-0.3, -0.25) is 13.9 Å². The zero-order valence-electron chi connectivity index (χ0n) is 23.0. The topological polar surface area (TPSA) is 86.8 Å². The number of amides is 2. The number of halogens is 1. The molecule has 3 aromatic carbocycles. The highest BCUT2D eigenvalue weighted by molar-refractivity contribution is 7.92. The highest BCUT2D eigenvalue weighted by Crippen LogP contribution is 2.25. The maximum absolute atomic E-state index is 14.0. The van der Waals surface area contributed by atoms with Crippen molar-refractivity contribution in [3.8, 4) is 0 Å². The second-order valence-corrected chi connectivity index (χ2v) is 12.8. The molecule has 7 nitrogen and oxygen atoms in total. The molecule has 208 valence electrons. The quantitative estimate of drug-likeness (QED) is 0.346. The maximum atomic E-state index is 14.0. The van der Waals surface area contributed by atoms with Crippen LogP contribution in [0, 0.1) is 6.92 Å². The normalized spacial score (nSPS) is 12.5. The molecule has 39 heavy (non-hydrogen) atoms. The van der Waals surface area contributed by atoms with Crippen LogP contribution < -0.4 is 9.62 Å². The molecule has 0 unspecified atom stereocenters. The van der Waals surface area contributed by atoms with Gasteiger partial charge in [0.1, 0.15) is 12.6 Å². The summed E-state index contributed by atoms with van der Waals surface area (Å²) in [5.41, 5.74) is 1.74. The summed E-state index contributed by atoms with van der Waals surface area (Å²) < 4.78 is 28.7. The lowest BCUT2D eigenvalue weighted by Crippen LogP contribution is -2.55. The molecule has 0 aliphatic rings. The van der Waals surface area contributed by atoms with Crippen molar-refractivity contribution in [3.63, 3.8) is 0 Å². The summed E-state index contributed by atoms with van der Waals surface area (Å²) in [7, 11) is -4.13. The van der Waals surface area contributed by atoms with Crippen LogP contribution in [0.3, 0.4) is 0 Å². The zero-order chi connectivity index (χ0) is 28.8. The number of hydrogen-bond acceptors (Lipinski definition) is 4. The monoisotopic (exact) mass is 569 g/mol. The summed E-state index contributed by atoms with van der Waals surface area (Å²) in [4.78, 5) is 28.8. The van der Waals surface area contributed by atoms with E-state index >= 15 is 0 Å². The molecule has 0 radical (unpaired) electrons. The van der Waals surface area contributed by atoms with Gasteiger partial charge in [0.05, 0.1) is 10.6 Å². The number of anilines is 1. The number of nitrogens with one attached hydrogen (secondary N) is 1. The number of hydrogen-bond donors (Lipinski definition) is 1. The fourth-order valence-electron chi connectivity index (χ4n) is 4.12. The Balaban J connectivity index is 2.04. The van der Waals surface area contributed by atoms with E-state index in [0.29, 0.717) is 17.1 Å². The van der Waals surface area contributed by atoms with E-state index in [4.69, 9.17) is 11.6 Å². The molecule has 1 N–H and O–H groups in total. The van der Waals surface area contributed by atoms with Crippen LogP contribution >= 0.6 is 11.6 Å². The van der Waals surface area contributed by atoms with E-state index in [-0.39, 0.29) is 17.3 Å². The second kappa shape index (κ2) is 12.7. The van der Waals surface area contributed by atoms with Gasteiger partial charge in [-0.2, -0.15) is 0 Å². The predicted molar refractivity (Wildman–Crippen MR) is 156 cm³/mol. The van der Waals surface area contributed by atoms with Crippen LogP contribution in [0.25, 0.3) is 0 Å². The van der Waals surface area contributed by atoms with Gasteiger partial charge in [-0.1, -0.05) is 66.6 Å². The van der Waals surface area contributed by atoms with Gasteiger partial charge >= 0.3 is 0 Å². The first kappa shape index (κ1) is 30.2. The van der Waals surface area contributed by atoms with Crippen molar-refractivity contribution in [1.82, 2.24) is 10.2 Å². The summed E-state index contributed by atoms with van der Waals surface area (Å²) >= 11 is 5.99. The Labute approximate surface area is 236 Å². The number of carbonyl (C=O) groups excluding carboxylic acids is 2.